The number of hydrogen-bond donors (Lipinski definition) is 2. The maximum atomic E-state index is 12.8. The van der Waals surface area contributed by atoms with Crippen LogP contribution in [0.15, 0.2) is 4.21 Å². The van der Waals surface area contributed by atoms with E-state index in [1.807, 2.05) is 4.90 Å². The minimum absolute atomic E-state index is 0.0444. The standard InChI is InChI=1S/C15H25N5O3S2/c1-4-11-9(2)12(17-16-11)14(21)20-7-5-10(6-8-20)13-15(24-19-18-13)25(3,22)23/h9-12,16-17H,4-8H2,1-3H3. The number of carbonyl (C=O) groups is 1. The van der Waals surface area contributed by atoms with Gasteiger partial charge in [-0.1, -0.05) is 18.3 Å². The molecule has 0 saturated carbocycles. The zero-order valence-corrected chi connectivity index (χ0v) is 16.4. The Morgan fingerprint density at radius 3 is 2.56 bits per heavy atom. The molecular formula is C15H25N5O3S2. The molecule has 0 spiro atoms. The minimum atomic E-state index is -3.30. The number of amides is 1. The molecule has 3 unspecified atom stereocenters. The fraction of sp³-hybridized carbons (Fsp3) is 0.800. The number of carbonyl (C=O) groups excluding carboxylic acids is 1. The third-order valence-electron chi connectivity index (χ3n) is 5.30. The van der Waals surface area contributed by atoms with Gasteiger partial charge in [-0.05, 0) is 25.2 Å². The van der Waals surface area contributed by atoms with E-state index in [9.17, 15) is 13.2 Å². The van der Waals surface area contributed by atoms with Crippen LogP contribution in [0.3, 0.4) is 0 Å². The first-order chi connectivity index (χ1) is 11.8. The fourth-order valence-corrected chi connectivity index (χ4v) is 5.45. The van der Waals surface area contributed by atoms with Crippen molar-refractivity contribution < 1.29 is 13.2 Å². The second-order valence-electron chi connectivity index (χ2n) is 6.96. The highest BCUT2D eigenvalue weighted by molar-refractivity contribution is 7.92. The summed E-state index contributed by atoms with van der Waals surface area (Å²) in [5.41, 5.74) is 6.90. The summed E-state index contributed by atoms with van der Waals surface area (Å²) in [6, 6.07) is 0.110. The highest BCUT2D eigenvalue weighted by Gasteiger charge is 2.39. The molecule has 2 fully saturated rings. The first-order valence-electron chi connectivity index (χ1n) is 8.65. The van der Waals surface area contributed by atoms with E-state index >= 15 is 0 Å². The Balaban J connectivity index is 1.63. The summed E-state index contributed by atoms with van der Waals surface area (Å²) in [6.07, 6.45) is 3.59. The van der Waals surface area contributed by atoms with Gasteiger partial charge in [-0.25, -0.2) is 13.8 Å². The molecule has 0 radical (unpaired) electrons. The summed E-state index contributed by atoms with van der Waals surface area (Å²) >= 11 is 0.933. The van der Waals surface area contributed by atoms with Crippen LogP contribution in [0.2, 0.25) is 0 Å². The van der Waals surface area contributed by atoms with Crippen molar-refractivity contribution in [3.63, 3.8) is 0 Å². The second kappa shape index (κ2) is 7.26. The second-order valence-corrected chi connectivity index (χ2v) is 9.92. The van der Waals surface area contributed by atoms with Gasteiger partial charge in [-0.15, -0.1) is 5.10 Å². The summed E-state index contributed by atoms with van der Waals surface area (Å²) < 4.78 is 27.8. The Labute approximate surface area is 152 Å². The van der Waals surface area contributed by atoms with Gasteiger partial charge in [0.2, 0.25) is 5.91 Å². The number of nitrogens with zero attached hydrogens (tertiary/aromatic N) is 3. The van der Waals surface area contributed by atoms with E-state index in [1.54, 1.807) is 0 Å². The van der Waals surface area contributed by atoms with Crippen molar-refractivity contribution in [2.24, 2.45) is 5.92 Å². The van der Waals surface area contributed by atoms with Gasteiger partial charge in [0, 0.05) is 42.8 Å². The Kier molecular flexibility index (Phi) is 5.42. The predicted octanol–water partition coefficient (Wildman–Crippen LogP) is 0.539. The number of likely N-dealkylation sites (tertiary alicyclic amines) is 1. The largest absolute Gasteiger partial charge is 0.341 e. The molecular weight excluding hydrogens is 362 g/mol. The van der Waals surface area contributed by atoms with Crippen LogP contribution in [0.4, 0.5) is 0 Å². The predicted molar refractivity (Wildman–Crippen MR) is 94.9 cm³/mol. The molecule has 2 N–H and O–H groups in total. The Bertz CT molecular complexity index is 727. The van der Waals surface area contributed by atoms with Crippen LogP contribution >= 0.6 is 11.5 Å². The average molecular weight is 388 g/mol. The molecule has 2 aliphatic heterocycles. The molecule has 2 saturated heterocycles. The fourth-order valence-electron chi connectivity index (χ4n) is 3.72. The van der Waals surface area contributed by atoms with Crippen LogP contribution in [0.1, 0.15) is 44.7 Å². The van der Waals surface area contributed by atoms with Crippen LogP contribution in [0.5, 0.6) is 0 Å². The lowest BCUT2D eigenvalue weighted by Gasteiger charge is -2.33. The van der Waals surface area contributed by atoms with Crippen molar-refractivity contribution in [2.75, 3.05) is 19.3 Å². The first kappa shape index (κ1) is 18.7. The summed E-state index contributed by atoms with van der Waals surface area (Å²) in [7, 11) is -3.30. The van der Waals surface area contributed by atoms with Crippen molar-refractivity contribution in [3.05, 3.63) is 5.69 Å². The molecule has 1 aromatic heterocycles. The molecule has 3 atom stereocenters. The third-order valence-corrected chi connectivity index (χ3v) is 7.85. The lowest BCUT2D eigenvalue weighted by Crippen LogP contribution is -2.49. The zero-order chi connectivity index (χ0) is 18.2. The van der Waals surface area contributed by atoms with Crippen LogP contribution < -0.4 is 10.9 Å². The van der Waals surface area contributed by atoms with Crippen LogP contribution in [-0.2, 0) is 14.6 Å². The lowest BCUT2D eigenvalue weighted by molar-refractivity contribution is -0.135. The monoisotopic (exact) mass is 387 g/mol. The van der Waals surface area contributed by atoms with E-state index in [4.69, 9.17) is 0 Å². The van der Waals surface area contributed by atoms with E-state index in [0.29, 0.717) is 37.7 Å². The van der Waals surface area contributed by atoms with Crippen molar-refractivity contribution in [1.29, 1.82) is 0 Å². The minimum Gasteiger partial charge on any atom is -0.341 e. The Morgan fingerprint density at radius 1 is 1.32 bits per heavy atom. The molecule has 0 aromatic carbocycles. The molecule has 1 amide bonds. The number of piperidine rings is 1. The van der Waals surface area contributed by atoms with E-state index < -0.39 is 9.84 Å². The number of aromatic nitrogens is 2. The number of sulfone groups is 1. The molecule has 140 valence electrons. The summed E-state index contributed by atoms with van der Waals surface area (Å²) in [5.74, 6) is 0.409. The quantitative estimate of drug-likeness (QED) is 0.777. The van der Waals surface area contributed by atoms with Gasteiger partial charge in [-0.3, -0.25) is 10.2 Å². The van der Waals surface area contributed by atoms with E-state index in [0.717, 1.165) is 18.0 Å². The highest BCUT2D eigenvalue weighted by Crippen LogP contribution is 2.33. The number of hydrogen-bond acceptors (Lipinski definition) is 8. The summed E-state index contributed by atoms with van der Waals surface area (Å²) in [4.78, 5) is 14.7. The molecule has 1 aromatic rings. The van der Waals surface area contributed by atoms with E-state index in [1.165, 1.54) is 6.26 Å². The highest BCUT2D eigenvalue weighted by atomic mass is 32.2. The smallest absolute Gasteiger partial charge is 0.241 e. The first-order valence-corrected chi connectivity index (χ1v) is 11.3. The number of hydrazine groups is 1. The average Bonchev–Trinajstić information content (AvgIpc) is 3.20. The number of rotatable bonds is 4. The molecule has 10 heteroatoms. The lowest BCUT2D eigenvalue weighted by atomic mass is 9.91. The molecule has 0 aliphatic carbocycles. The van der Waals surface area contributed by atoms with Gasteiger partial charge in [0.1, 0.15) is 6.04 Å². The van der Waals surface area contributed by atoms with E-state index in [-0.39, 0.29) is 28.0 Å². The van der Waals surface area contributed by atoms with Crippen molar-refractivity contribution >= 4 is 27.3 Å². The molecule has 0 bridgehead atoms. The van der Waals surface area contributed by atoms with Gasteiger partial charge in [0.05, 0.1) is 5.69 Å². The van der Waals surface area contributed by atoms with Gasteiger partial charge < -0.3 is 4.90 Å². The Morgan fingerprint density at radius 2 is 2.00 bits per heavy atom. The van der Waals surface area contributed by atoms with Crippen molar-refractivity contribution in [2.45, 2.75) is 55.3 Å². The zero-order valence-electron chi connectivity index (χ0n) is 14.7. The maximum absolute atomic E-state index is 12.8. The van der Waals surface area contributed by atoms with Gasteiger partial charge >= 0.3 is 0 Å². The molecule has 25 heavy (non-hydrogen) atoms. The van der Waals surface area contributed by atoms with Gasteiger partial charge in [0.15, 0.2) is 14.0 Å². The molecule has 8 nitrogen and oxygen atoms in total. The maximum Gasteiger partial charge on any atom is 0.241 e. The summed E-state index contributed by atoms with van der Waals surface area (Å²) in [5, 5.41) is 4.05. The van der Waals surface area contributed by atoms with Crippen molar-refractivity contribution in [1.82, 2.24) is 25.3 Å². The molecule has 2 aliphatic rings. The molecule has 3 heterocycles. The SMILES string of the molecule is CCC1NNC(C(=O)N2CCC(c3nnsc3S(C)(=O)=O)CC2)C1C. The topological polar surface area (TPSA) is 104 Å². The van der Waals surface area contributed by atoms with Crippen molar-refractivity contribution in [3.8, 4) is 0 Å². The summed E-state index contributed by atoms with van der Waals surface area (Å²) in [6.45, 7) is 5.43. The van der Waals surface area contributed by atoms with Gasteiger partial charge in [-0.2, -0.15) is 0 Å². The Hall–Kier alpha value is -1.10. The van der Waals surface area contributed by atoms with Crippen LogP contribution in [0.25, 0.3) is 0 Å². The van der Waals surface area contributed by atoms with Crippen LogP contribution in [-0.4, -0.2) is 60.2 Å². The van der Waals surface area contributed by atoms with E-state index in [2.05, 4.69) is 34.3 Å². The van der Waals surface area contributed by atoms with Crippen LogP contribution in [0, 0.1) is 5.92 Å². The number of nitrogens with one attached hydrogen (secondary N) is 2. The normalized spacial score (nSPS) is 28.4. The van der Waals surface area contributed by atoms with Gasteiger partial charge in [0.25, 0.3) is 0 Å². The molecule has 3 rings (SSSR count). The third kappa shape index (κ3) is 3.71.